The van der Waals surface area contributed by atoms with Crippen LogP contribution in [0.1, 0.15) is 16.7 Å². The highest BCUT2D eigenvalue weighted by Crippen LogP contribution is 2.29. The molecule has 1 heterocycles. The third-order valence-electron chi connectivity index (χ3n) is 4.74. The molecule has 1 N–H and O–H groups in total. The van der Waals surface area contributed by atoms with Crippen LogP contribution in [0.3, 0.4) is 0 Å². The second-order valence-electron chi connectivity index (χ2n) is 6.86. The van der Waals surface area contributed by atoms with Gasteiger partial charge in [-0.05, 0) is 54.6 Å². The molecule has 4 rings (SSSR count). The summed E-state index contributed by atoms with van der Waals surface area (Å²) in [5, 5.41) is 4.72. The molecule has 5 nitrogen and oxygen atoms in total. The number of nitrogens with one attached hydrogen (secondary N) is 1. The monoisotopic (exact) mass is 448 g/mol. The summed E-state index contributed by atoms with van der Waals surface area (Å²) in [5.74, 6) is 1.49. The number of aliphatic imine (C=N–C) groups is 1. The lowest BCUT2D eigenvalue weighted by Crippen LogP contribution is -2.19. The Hall–Kier alpha value is -3.12. The summed E-state index contributed by atoms with van der Waals surface area (Å²) < 4.78 is 6.24. The third kappa shape index (κ3) is 4.03. The number of ether oxygens (including phenoxy) is 1. The van der Waals surface area contributed by atoms with Crippen molar-refractivity contribution in [3.8, 4) is 5.75 Å². The highest BCUT2D eigenvalue weighted by molar-refractivity contribution is 9.10. The SMILES string of the molecule is COc1ccc(C2=Nc3ccc(Br)cc3C(c3ccc(N(C)C)cc3)=NN2)cc1. The minimum Gasteiger partial charge on any atom is -0.497 e. The highest BCUT2D eigenvalue weighted by atomic mass is 79.9. The van der Waals surface area contributed by atoms with Crippen LogP contribution in [0, 0.1) is 0 Å². The number of hydrogen-bond donors (Lipinski definition) is 1. The Balaban J connectivity index is 1.79. The molecular weight excluding hydrogens is 428 g/mol. The van der Waals surface area contributed by atoms with Crippen molar-refractivity contribution in [1.82, 2.24) is 5.43 Å². The Morgan fingerprint density at radius 1 is 0.897 bits per heavy atom. The van der Waals surface area contributed by atoms with Gasteiger partial charge >= 0.3 is 0 Å². The smallest absolute Gasteiger partial charge is 0.154 e. The molecule has 0 radical (unpaired) electrons. The maximum Gasteiger partial charge on any atom is 0.154 e. The molecule has 29 heavy (non-hydrogen) atoms. The molecule has 0 unspecified atom stereocenters. The molecule has 0 saturated heterocycles. The van der Waals surface area contributed by atoms with Gasteiger partial charge in [0.05, 0.1) is 12.8 Å². The number of rotatable bonds is 4. The van der Waals surface area contributed by atoms with Crippen molar-refractivity contribution in [2.45, 2.75) is 0 Å². The van der Waals surface area contributed by atoms with E-state index in [0.29, 0.717) is 5.84 Å². The number of halogens is 1. The first kappa shape index (κ1) is 19.2. The van der Waals surface area contributed by atoms with Crippen LogP contribution in [0.2, 0.25) is 0 Å². The van der Waals surface area contributed by atoms with E-state index in [2.05, 4.69) is 56.6 Å². The maximum atomic E-state index is 5.26. The Kier molecular flexibility index (Phi) is 5.36. The average molecular weight is 449 g/mol. The van der Waals surface area contributed by atoms with Crippen molar-refractivity contribution < 1.29 is 4.74 Å². The Labute approximate surface area is 178 Å². The molecule has 0 aromatic heterocycles. The molecule has 0 atom stereocenters. The largest absolute Gasteiger partial charge is 0.497 e. The number of hydrazone groups is 1. The van der Waals surface area contributed by atoms with Gasteiger partial charge in [-0.15, -0.1) is 0 Å². The minimum absolute atomic E-state index is 0.691. The van der Waals surface area contributed by atoms with E-state index in [1.165, 1.54) is 0 Å². The van der Waals surface area contributed by atoms with Gasteiger partial charge in [-0.25, -0.2) is 4.99 Å². The van der Waals surface area contributed by atoms with Crippen molar-refractivity contribution >= 4 is 38.9 Å². The zero-order chi connectivity index (χ0) is 20.4. The molecule has 3 aromatic carbocycles. The van der Waals surface area contributed by atoms with E-state index >= 15 is 0 Å². The van der Waals surface area contributed by atoms with Crippen LogP contribution in [0.5, 0.6) is 5.75 Å². The van der Waals surface area contributed by atoms with Crippen molar-refractivity contribution in [3.05, 3.63) is 87.9 Å². The van der Waals surface area contributed by atoms with Gasteiger partial charge in [-0.3, -0.25) is 5.43 Å². The fourth-order valence-electron chi connectivity index (χ4n) is 3.13. The number of hydrogen-bond acceptors (Lipinski definition) is 5. The zero-order valence-electron chi connectivity index (χ0n) is 16.5. The number of amidine groups is 1. The van der Waals surface area contributed by atoms with Gasteiger partial charge in [0.25, 0.3) is 0 Å². The summed E-state index contributed by atoms with van der Waals surface area (Å²) in [5.41, 5.74) is 8.93. The van der Waals surface area contributed by atoms with E-state index in [0.717, 1.165) is 44.0 Å². The van der Waals surface area contributed by atoms with Gasteiger partial charge < -0.3 is 9.64 Å². The minimum atomic E-state index is 0.691. The second-order valence-corrected chi connectivity index (χ2v) is 7.78. The molecule has 0 aliphatic carbocycles. The van der Waals surface area contributed by atoms with E-state index in [4.69, 9.17) is 14.8 Å². The Bertz CT molecular complexity index is 1090. The summed E-state index contributed by atoms with van der Waals surface area (Å²) in [7, 11) is 5.71. The van der Waals surface area contributed by atoms with Crippen LogP contribution in [0.15, 0.2) is 81.3 Å². The summed E-state index contributed by atoms with van der Waals surface area (Å²) in [6.07, 6.45) is 0. The van der Waals surface area contributed by atoms with Crippen LogP contribution in [-0.4, -0.2) is 32.8 Å². The first-order valence-electron chi connectivity index (χ1n) is 9.19. The summed E-state index contributed by atoms with van der Waals surface area (Å²) in [6, 6.07) is 22.1. The van der Waals surface area contributed by atoms with Crippen LogP contribution in [-0.2, 0) is 0 Å². The van der Waals surface area contributed by atoms with Crippen LogP contribution < -0.4 is 15.1 Å². The lowest BCUT2D eigenvalue weighted by atomic mass is 10.0. The predicted octanol–water partition coefficient (Wildman–Crippen LogP) is 4.96. The van der Waals surface area contributed by atoms with E-state index in [9.17, 15) is 0 Å². The zero-order valence-corrected chi connectivity index (χ0v) is 18.1. The summed E-state index contributed by atoms with van der Waals surface area (Å²) in [6.45, 7) is 0. The molecule has 0 bridgehead atoms. The van der Waals surface area contributed by atoms with Gasteiger partial charge in [-0.1, -0.05) is 28.1 Å². The number of anilines is 1. The predicted molar refractivity (Wildman–Crippen MR) is 123 cm³/mol. The lowest BCUT2D eigenvalue weighted by molar-refractivity contribution is 0.415. The molecule has 6 heteroatoms. The fraction of sp³-hybridized carbons (Fsp3) is 0.130. The lowest BCUT2D eigenvalue weighted by Gasteiger charge is -2.14. The maximum absolute atomic E-state index is 5.26. The highest BCUT2D eigenvalue weighted by Gasteiger charge is 2.18. The molecule has 1 aliphatic heterocycles. The van der Waals surface area contributed by atoms with Crippen LogP contribution in [0.4, 0.5) is 11.4 Å². The van der Waals surface area contributed by atoms with Crippen molar-refractivity contribution in [2.75, 3.05) is 26.1 Å². The van der Waals surface area contributed by atoms with Gasteiger partial charge in [0, 0.05) is 40.9 Å². The van der Waals surface area contributed by atoms with Gasteiger partial charge in [0.15, 0.2) is 5.84 Å². The van der Waals surface area contributed by atoms with Crippen LogP contribution in [0.25, 0.3) is 0 Å². The van der Waals surface area contributed by atoms with Crippen molar-refractivity contribution in [2.24, 2.45) is 10.1 Å². The van der Waals surface area contributed by atoms with E-state index in [1.807, 2.05) is 50.5 Å². The van der Waals surface area contributed by atoms with Crippen LogP contribution >= 0.6 is 15.9 Å². The first-order valence-corrected chi connectivity index (χ1v) is 9.99. The molecule has 0 spiro atoms. The first-order chi connectivity index (χ1) is 14.0. The van der Waals surface area contributed by atoms with Crippen molar-refractivity contribution in [1.29, 1.82) is 0 Å². The number of methoxy groups -OCH3 is 1. The van der Waals surface area contributed by atoms with E-state index in [-0.39, 0.29) is 0 Å². The normalized spacial score (nSPS) is 12.8. The molecule has 3 aromatic rings. The Morgan fingerprint density at radius 2 is 1.59 bits per heavy atom. The van der Waals surface area contributed by atoms with Gasteiger partial charge in [-0.2, -0.15) is 5.10 Å². The molecule has 0 amide bonds. The number of benzene rings is 3. The molecule has 146 valence electrons. The summed E-state index contributed by atoms with van der Waals surface area (Å²) >= 11 is 3.58. The fourth-order valence-corrected chi connectivity index (χ4v) is 3.49. The van der Waals surface area contributed by atoms with Crippen molar-refractivity contribution in [3.63, 3.8) is 0 Å². The molecule has 0 fully saturated rings. The topological polar surface area (TPSA) is 49.2 Å². The number of nitrogens with zero attached hydrogens (tertiary/aromatic N) is 3. The van der Waals surface area contributed by atoms with E-state index in [1.54, 1.807) is 7.11 Å². The summed E-state index contributed by atoms with van der Waals surface area (Å²) in [4.78, 5) is 6.92. The van der Waals surface area contributed by atoms with Gasteiger partial charge in [0.1, 0.15) is 11.5 Å². The quantitative estimate of drug-likeness (QED) is 0.613. The molecule has 0 saturated carbocycles. The molecular formula is C23H21BrN4O. The molecule has 1 aliphatic rings. The Morgan fingerprint density at radius 3 is 2.24 bits per heavy atom. The average Bonchev–Trinajstić information content (AvgIpc) is 2.93. The van der Waals surface area contributed by atoms with E-state index < -0.39 is 0 Å². The second kappa shape index (κ2) is 8.09. The van der Waals surface area contributed by atoms with Gasteiger partial charge in [0.2, 0.25) is 0 Å². The third-order valence-corrected chi connectivity index (χ3v) is 5.23. The standard InChI is InChI=1S/C23H21BrN4O/c1-28(2)18-9-4-15(5-10-18)22-20-14-17(24)8-13-21(20)25-23(27-26-22)16-6-11-19(29-3)12-7-16/h4-14H,1-3H3,(H,25,27). The number of fused-ring (bicyclic) bond motifs is 1.